The zero-order chi connectivity index (χ0) is 17.1. The van der Waals surface area contributed by atoms with Crippen LogP contribution in [0.4, 0.5) is 0 Å². The molecule has 0 amide bonds. The lowest BCUT2D eigenvalue weighted by atomic mass is 10.2. The highest BCUT2D eigenvalue weighted by molar-refractivity contribution is 5.48. The first-order valence-electron chi connectivity index (χ1n) is 7.51. The predicted molar refractivity (Wildman–Crippen MR) is 96.4 cm³/mol. The van der Waals surface area contributed by atoms with Gasteiger partial charge in [-0.1, -0.05) is 49.6 Å². The molecule has 1 N–H and O–H groups in total. The molecule has 0 aliphatic rings. The van der Waals surface area contributed by atoms with Crippen LogP contribution in [0.25, 0.3) is 12.2 Å². The smallest absolute Gasteiger partial charge is 0.196 e. The molecule has 0 aliphatic carbocycles. The van der Waals surface area contributed by atoms with Crippen LogP contribution in [0, 0.1) is 0 Å². The van der Waals surface area contributed by atoms with E-state index in [1.807, 2.05) is 50.2 Å². The van der Waals surface area contributed by atoms with Crippen molar-refractivity contribution < 1.29 is 14.6 Å². The van der Waals surface area contributed by atoms with Gasteiger partial charge in [-0.2, -0.15) is 0 Å². The van der Waals surface area contributed by atoms with Crippen molar-refractivity contribution in [3.63, 3.8) is 0 Å². The van der Waals surface area contributed by atoms with E-state index in [0.717, 1.165) is 16.9 Å². The molecule has 0 aromatic heterocycles. The summed E-state index contributed by atoms with van der Waals surface area (Å²) in [5.74, 6) is 1.11. The molecule has 0 spiro atoms. The Balaban J connectivity index is 0.000000253. The topological polar surface area (TPSA) is 38.7 Å². The molecule has 0 bridgehead atoms. The number of rotatable bonds is 6. The standard InChI is InChI=1S/C12H16O2.C8H8O/c1-4-11-6-8-12(9-7-11)14-10(3)13-5-2;1-2-7-3-5-8(9)6-4-7/h4,6-10H,1,5H2,2-3H3;2-6,9H,1H2. The van der Waals surface area contributed by atoms with Gasteiger partial charge in [-0.15, -0.1) is 0 Å². The van der Waals surface area contributed by atoms with Crippen molar-refractivity contribution in [3.05, 3.63) is 72.8 Å². The number of aromatic hydroxyl groups is 1. The largest absolute Gasteiger partial charge is 0.508 e. The minimum absolute atomic E-state index is 0.199. The zero-order valence-corrected chi connectivity index (χ0v) is 13.7. The molecule has 3 heteroatoms. The quantitative estimate of drug-likeness (QED) is 0.752. The van der Waals surface area contributed by atoms with Crippen molar-refractivity contribution >= 4 is 12.2 Å². The molecule has 2 aromatic carbocycles. The summed E-state index contributed by atoms with van der Waals surface area (Å²) in [7, 11) is 0. The predicted octanol–water partition coefficient (Wildman–Crippen LogP) is 5.13. The summed E-state index contributed by atoms with van der Waals surface area (Å²) in [5, 5.41) is 8.82. The summed E-state index contributed by atoms with van der Waals surface area (Å²) in [6.45, 7) is 11.7. The van der Waals surface area contributed by atoms with Crippen LogP contribution in [-0.2, 0) is 4.74 Å². The molecule has 0 aliphatic heterocycles. The van der Waals surface area contributed by atoms with E-state index in [-0.39, 0.29) is 6.29 Å². The fraction of sp³-hybridized carbons (Fsp3) is 0.200. The van der Waals surface area contributed by atoms with E-state index < -0.39 is 0 Å². The number of ether oxygens (including phenoxy) is 2. The van der Waals surface area contributed by atoms with Crippen LogP contribution in [0.1, 0.15) is 25.0 Å². The second-order valence-electron chi connectivity index (χ2n) is 4.71. The molecule has 1 unspecified atom stereocenters. The maximum atomic E-state index is 8.82. The third kappa shape index (κ3) is 7.34. The van der Waals surface area contributed by atoms with E-state index >= 15 is 0 Å². The Morgan fingerprint density at radius 2 is 1.43 bits per heavy atom. The number of hydrogen-bond donors (Lipinski definition) is 1. The highest BCUT2D eigenvalue weighted by atomic mass is 16.7. The van der Waals surface area contributed by atoms with E-state index in [4.69, 9.17) is 14.6 Å². The number of hydrogen-bond acceptors (Lipinski definition) is 3. The maximum absolute atomic E-state index is 8.82. The minimum Gasteiger partial charge on any atom is -0.508 e. The normalized spacial score (nSPS) is 10.9. The molecule has 0 saturated carbocycles. The van der Waals surface area contributed by atoms with Gasteiger partial charge in [0, 0.05) is 6.61 Å². The van der Waals surface area contributed by atoms with Crippen molar-refractivity contribution in [3.8, 4) is 11.5 Å². The van der Waals surface area contributed by atoms with Gasteiger partial charge in [-0.05, 0) is 49.2 Å². The Morgan fingerprint density at radius 3 is 1.87 bits per heavy atom. The third-order valence-electron chi connectivity index (χ3n) is 2.95. The van der Waals surface area contributed by atoms with Gasteiger partial charge in [0.05, 0.1) is 0 Å². The SMILES string of the molecule is C=Cc1ccc(O)cc1.C=Cc1ccc(OC(C)OCC)cc1. The van der Waals surface area contributed by atoms with Crippen LogP contribution in [-0.4, -0.2) is 18.0 Å². The Bertz CT molecular complexity index is 585. The van der Waals surface area contributed by atoms with Crippen LogP contribution in [0.2, 0.25) is 0 Å². The summed E-state index contributed by atoms with van der Waals surface area (Å²) in [6, 6.07) is 14.6. The van der Waals surface area contributed by atoms with E-state index in [9.17, 15) is 0 Å². The van der Waals surface area contributed by atoms with Crippen molar-refractivity contribution in [2.75, 3.05) is 6.61 Å². The average Bonchev–Trinajstić information content (AvgIpc) is 2.57. The summed E-state index contributed by atoms with van der Waals surface area (Å²) in [5.41, 5.74) is 2.11. The Labute approximate surface area is 138 Å². The number of phenolic OH excluding ortho intramolecular Hbond substituents is 1. The van der Waals surface area contributed by atoms with Gasteiger partial charge < -0.3 is 14.6 Å². The van der Waals surface area contributed by atoms with Crippen LogP contribution in [0.3, 0.4) is 0 Å². The molecule has 0 fully saturated rings. The van der Waals surface area contributed by atoms with Crippen molar-refractivity contribution in [2.45, 2.75) is 20.1 Å². The third-order valence-corrected chi connectivity index (χ3v) is 2.95. The molecule has 2 aromatic rings. The monoisotopic (exact) mass is 312 g/mol. The van der Waals surface area contributed by atoms with E-state index in [1.165, 1.54) is 0 Å². The first kappa shape index (κ1) is 18.5. The van der Waals surface area contributed by atoms with Gasteiger partial charge in [0.2, 0.25) is 0 Å². The first-order chi connectivity index (χ1) is 11.1. The minimum atomic E-state index is -0.199. The second kappa shape index (κ2) is 10.2. The van der Waals surface area contributed by atoms with Crippen LogP contribution in [0.5, 0.6) is 11.5 Å². The second-order valence-corrected chi connectivity index (χ2v) is 4.71. The molecule has 23 heavy (non-hydrogen) atoms. The van der Waals surface area contributed by atoms with E-state index in [1.54, 1.807) is 24.3 Å². The highest BCUT2D eigenvalue weighted by Crippen LogP contribution is 2.14. The zero-order valence-electron chi connectivity index (χ0n) is 13.7. The Morgan fingerprint density at radius 1 is 0.957 bits per heavy atom. The average molecular weight is 312 g/mol. The lowest BCUT2D eigenvalue weighted by Gasteiger charge is -2.14. The van der Waals surface area contributed by atoms with Crippen LogP contribution in [0.15, 0.2) is 61.7 Å². The van der Waals surface area contributed by atoms with Crippen molar-refractivity contribution in [1.82, 2.24) is 0 Å². The van der Waals surface area contributed by atoms with E-state index in [2.05, 4.69) is 13.2 Å². The van der Waals surface area contributed by atoms with Gasteiger partial charge in [-0.25, -0.2) is 0 Å². The highest BCUT2D eigenvalue weighted by Gasteiger charge is 2.01. The molecular weight excluding hydrogens is 288 g/mol. The summed E-state index contributed by atoms with van der Waals surface area (Å²) >= 11 is 0. The molecule has 1 atom stereocenters. The van der Waals surface area contributed by atoms with Crippen molar-refractivity contribution in [1.29, 1.82) is 0 Å². The molecule has 0 heterocycles. The molecular formula is C20H24O3. The van der Waals surface area contributed by atoms with E-state index in [0.29, 0.717) is 12.4 Å². The number of benzene rings is 2. The Hall–Kier alpha value is -2.52. The van der Waals surface area contributed by atoms with Gasteiger partial charge in [-0.3, -0.25) is 0 Å². The lowest BCUT2D eigenvalue weighted by Crippen LogP contribution is -2.15. The van der Waals surface area contributed by atoms with Gasteiger partial charge >= 0.3 is 0 Å². The maximum Gasteiger partial charge on any atom is 0.196 e. The van der Waals surface area contributed by atoms with Crippen molar-refractivity contribution in [2.24, 2.45) is 0 Å². The van der Waals surface area contributed by atoms with Gasteiger partial charge in [0.25, 0.3) is 0 Å². The van der Waals surface area contributed by atoms with Gasteiger partial charge in [0.15, 0.2) is 6.29 Å². The summed E-state index contributed by atoms with van der Waals surface area (Å²) in [4.78, 5) is 0. The fourth-order valence-electron chi connectivity index (χ4n) is 1.75. The first-order valence-corrected chi connectivity index (χ1v) is 7.51. The van der Waals surface area contributed by atoms with Crippen LogP contribution >= 0.6 is 0 Å². The molecule has 0 saturated heterocycles. The molecule has 3 nitrogen and oxygen atoms in total. The summed E-state index contributed by atoms with van der Waals surface area (Å²) < 4.78 is 10.8. The molecule has 0 radical (unpaired) electrons. The number of phenols is 1. The fourth-order valence-corrected chi connectivity index (χ4v) is 1.75. The lowest BCUT2D eigenvalue weighted by molar-refractivity contribution is -0.0613. The van der Waals surface area contributed by atoms with Gasteiger partial charge in [0.1, 0.15) is 11.5 Å². The molecule has 2 rings (SSSR count). The Kier molecular flexibility index (Phi) is 8.25. The summed E-state index contributed by atoms with van der Waals surface area (Å²) in [6.07, 6.45) is 3.34. The van der Waals surface area contributed by atoms with Crippen LogP contribution < -0.4 is 4.74 Å². The molecule has 122 valence electrons.